The molecular formula is C13H14BrN3OS. The molecule has 0 atom stereocenters. The minimum Gasteiger partial charge on any atom is -0.399 e. The van der Waals surface area contributed by atoms with Crippen LogP contribution in [0, 0.1) is 0 Å². The van der Waals surface area contributed by atoms with Crippen molar-refractivity contribution in [1.82, 2.24) is 4.98 Å². The number of aromatic nitrogens is 1. The molecule has 3 N–H and O–H groups in total. The lowest BCUT2D eigenvalue weighted by atomic mass is 9.83. The first-order valence-corrected chi connectivity index (χ1v) is 7.29. The maximum absolute atomic E-state index is 12.3. The zero-order chi connectivity index (χ0) is 14.0. The van der Waals surface area contributed by atoms with Crippen LogP contribution in [0.1, 0.15) is 19.4 Å². The molecule has 0 aliphatic rings. The Labute approximate surface area is 124 Å². The Morgan fingerprint density at radius 1 is 1.37 bits per heavy atom. The average Bonchev–Trinajstić information content (AvgIpc) is 2.75. The largest absolute Gasteiger partial charge is 0.399 e. The molecule has 6 heteroatoms. The number of carbonyl (C=O) groups excluding carboxylic acids is 1. The van der Waals surface area contributed by atoms with Gasteiger partial charge in [0, 0.05) is 5.69 Å². The lowest BCUT2D eigenvalue weighted by Crippen LogP contribution is -2.34. The molecule has 1 amide bonds. The number of anilines is 2. The van der Waals surface area contributed by atoms with Crippen LogP contribution in [0.25, 0.3) is 0 Å². The van der Waals surface area contributed by atoms with Gasteiger partial charge in [-0.1, -0.05) is 23.5 Å². The van der Waals surface area contributed by atoms with Crippen molar-refractivity contribution >= 4 is 44.0 Å². The van der Waals surface area contributed by atoms with Crippen LogP contribution in [0.4, 0.5) is 10.8 Å². The minimum absolute atomic E-state index is 0.0980. The monoisotopic (exact) mass is 339 g/mol. The van der Waals surface area contributed by atoms with Gasteiger partial charge in [0.25, 0.3) is 0 Å². The first kappa shape index (κ1) is 14.0. The zero-order valence-corrected chi connectivity index (χ0v) is 13.0. The molecule has 4 nitrogen and oxygen atoms in total. The van der Waals surface area contributed by atoms with Crippen molar-refractivity contribution in [3.05, 3.63) is 39.8 Å². The Morgan fingerprint density at radius 3 is 2.53 bits per heavy atom. The number of nitrogens with zero attached hydrogens (tertiary/aromatic N) is 1. The molecular weight excluding hydrogens is 326 g/mol. The molecule has 0 saturated heterocycles. The first-order valence-electron chi connectivity index (χ1n) is 5.68. The van der Waals surface area contributed by atoms with Gasteiger partial charge in [-0.2, -0.15) is 0 Å². The number of carbonyl (C=O) groups is 1. The zero-order valence-electron chi connectivity index (χ0n) is 10.6. The van der Waals surface area contributed by atoms with Gasteiger partial charge >= 0.3 is 0 Å². The average molecular weight is 340 g/mol. The molecule has 0 aliphatic carbocycles. The summed E-state index contributed by atoms with van der Waals surface area (Å²) in [5, 5.41) is 3.41. The lowest BCUT2D eigenvalue weighted by Gasteiger charge is -2.23. The molecule has 0 spiro atoms. The van der Waals surface area contributed by atoms with E-state index in [0.29, 0.717) is 10.8 Å². The van der Waals surface area contributed by atoms with E-state index in [1.807, 2.05) is 26.0 Å². The van der Waals surface area contributed by atoms with Crippen molar-refractivity contribution in [1.29, 1.82) is 0 Å². The van der Waals surface area contributed by atoms with Crippen LogP contribution >= 0.6 is 27.3 Å². The number of benzene rings is 1. The second-order valence-electron chi connectivity index (χ2n) is 4.67. The Kier molecular flexibility index (Phi) is 3.91. The summed E-state index contributed by atoms with van der Waals surface area (Å²) in [6, 6.07) is 7.33. The van der Waals surface area contributed by atoms with E-state index in [4.69, 9.17) is 5.73 Å². The second kappa shape index (κ2) is 5.30. The Balaban J connectivity index is 2.19. The van der Waals surface area contributed by atoms with Crippen molar-refractivity contribution in [3.8, 4) is 0 Å². The number of thiazole rings is 1. The topological polar surface area (TPSA) is 68.0 Å². The highest BCUT2D eigenvalue weighted by Crippen LogP contribution is 2.28. The maximum atomic E-state index is 12.3. The van der Waals surface area contributed by atoms with E-state index in [0.717, 1.165) is 9.35 Å². The quantitative estimate of drug-likeness (QED) is 0.842. The maximum Gasteiger partial charge on any atom is 0.236 e. The number of nitrogens with one attached hydrogen (secondary N) is 1. The first-order chi connectivity index (χ1) is 8.89. The predicted molar refractivity (Wildman–Crippen MR) is 82.3 cm³/mol. The number of amides is 1. The smallest absolute Gasteiger partial charge is 0.236 e. The summed E-state index contributed by atoms with van der Waals surface area (Å²) < 4.78 is 0.882. The number of hydrogen-bond donors (Lipinski definition) is 2. The summed E-state index contributed by atoms with van der Waals surface area (Å²) in [6.45, 7) is 3.74. The fraction of sp³-hybridized carbons (Fsp3) is 0.231. The summed E-state index contributed by atoms with van der Waals surface area (Å²) in [4.78, 5) is 16.4. The molecule has 0 saturated carbocycles. The summed E-state index contributed by atoms with van der Waals surface area (Å²) in [5.74, 6) is -0.0980. The Bertz CT molecular complexity index is 592. The van der Waals surface area contributed by atoms with Crippen LogP contribution in [0.2, 0.25) is 0 Å². The van der Waals surface area contributed by atoms with Crippen LogP contribution in [0.15, 0.2) is 34.2 Å². The molecule has 0 bridgehead atoms. The Hall–Kier alpha value is -1.40. The van der Waals surface area contributed by atoms with E-state index in [1.54, 1.807) is 18.3 Å². The van der Waals surface area contributed by atoms with Gasteiger partial charge in [0.2, 0.25) is 5.91 Å². The molecule has 100 valence electrons. The highest BCUT2D eigenvalue weighted by Gasteiger charge is 2.30. The molecule has 19 heavy (non-hydrogen) atoms. The van der Waals surface area contributed by atoms with Crippen molar-refractivity contribution < 1.29 is 4.79 Å². The summed E-state index contributed by atoms with van der Waals surface area (Å²) in [7, 11) is 0. The summed E-state index contributed by atoms with van der Waals surface area (Å²) >= 11 is 4.70. The third kappa shape index (κ3) is 3.13. The molecule has 2 rings (SSSR count). The second-order valence-corrected chi connectivity index (χ2v) is 7.08. The van der Waals surface area contributed by atoms with Gasteiger partial charge in [-0.25, -0.2) is 4.98 Å². The van der Waals surface area contributed by atoms with Crippen LogP contribution in [-0.4, -0.2) is 10.9 Å². The van der Waals surface area contributed by atoms with Crippen LogP contribution in [0.5, 0.6) is 0 Å². The van der Waals surface area contributed by atoms with Gasteiger partial charge in [-0.05, 0) is 47.5 Å². The lowest BCUT2D eigenvalue weighted by molar-refractivity contribution is -0.120. The third-order valence-corrected chi connectivity index (χ3v) is 4.29. The van der Waals surface area contributed by atoms with Crippen molar-refractivity contribution in [2.24, 2.45) is 0 Å². The SMILES string of the molecule is CC(C)(C(=O)Nc1ncc(Br)s1)c1ccc(N)cc1. The van der Waals surface area contributed by atoms with Gasteiger partial charge in [0.05, 0.1) is 15.4 Å². The molecule has 2 aromatic rings. The minimum atomic E-state index is -0.647. The number of rotatable bonds is 3. The number of nitrogen functional groups attached to an aromatic ring is 1. The van der Waals surface area contributed by atoms with Gasteiger partial charge < -0.3 is 11.1 Å². The van der Waals surface area contributed by atoms with Gasteiger partial charge in [0.1, 0.15) is 0 Å². The Morgan fingerprint density at radius 2 is 2.00 bits per heavy atom. The molecule has 1 heterocycles. The van der Waals surface area contributed by atoms with Crippen LogP contribution in [-0.2, 0) is 10.2 Å². The van der Waals surface area contributed by atoms with Gasteiger partial charge in [-0.3, -0.25) is 4.79 Å². The van der Waals surface area contributed by atoms with E-state index in [-0.39, 0.29) is 5.91 Å². The third-order valence-electron chi connectivity index (χ3n) is 2.90. The van der Waals surface area contributed by atoms with E-state index in [2.05, 4.69) is 26.2 Å². The van der Waals surface area contributed by atoms with Crippen LogP contribution < -0.4 is 11.1 Å². The van der Waals surface area contributed by atoms with Crippen molar-refractivity contribution in [3.63, 3.8) is 0 Å². The summed E-state index contributed by atoms with van der Waals surface area (Å²) in [5.41, 5.74) is 6.61. The van der Waals surface area contributed by atoms with Crippen molar-refractivity contribution in [2.45, 2.75) is 19.3 Å². The summed E-state index contributed by atoms with van der Waals surface area (Å²) in [6.07, 6.45) is 1.66. The molecule has 0 fully saturated rings. The van der Waals surface area contributed by atoms with Crippen molar-refractivity contribution in [2.75, 3.05) is 11.1 Å². The number of halogens is 1. The van der Waals surface area contributed by atoms with E-state index in [1.165, 1.54) is 11.3 Å². The molecule has 0 unspecified atom stereocenters. The van der Waals surface area contributed by atoms with Gasteiger partial charge in [-0.15, -0.1) is 0 Å². The predicted octanol–water partition coefficient (Wildman–Crippen LogP) is 3.40. The van der Waals surface area contributed by atoms with Crippen LogP contribution in [0.3, 0.4) is 0 Å². The van der Waals surface area contributed by atoms with E-state index in [9.17, 15) is 4.79 Å². The molecule has 0 aliphatic heterocycles. The normalized spacial score (nSPS) is 11.3. The fourth-order valence-corrected chi connectivity index (χ4v) is 2.70. The number of hydrogen-bond acceptors (Lipinski definition) is 4. The fourth-order valence-electron chi connectivity index (χ4n) is 1.60. The highest BCUT2D eigenvalue weighted by atomic mass is 79.9. The molecule has 1 aromatic carbocycles. The molecule has 1 aromatic heterocycles. The van der Waals surface area contributed by atoms with E-state index >= 15 is 0 Å². The molecule has 0 radical (unpaired) electrons. The van der Waals surface area contributed by atoms with E-state index < -0.39 is 5.41 Å². The number of nitrogens with two attached hydrogens (primary N) is 1. The highest BCUT2D eigenvalue weighted by molar-refractivity contribution is 9.11. The van der Waals surface area contributed by atoms with Gasteiger partial charge in [0.15, 0.2) is 5.13 Å². The standard InChI is InChI=1S/C13H14BrN3OS/c1-13(2,8-3-5-9(15)6-4-8)11(18)17-12-16-7-10(14)19-12/h3-7H,15H2,1-2H3,(H,16,17,18).